The van der Waals surface area contributed by atoms with Gasteiger partial charge in [0.05, 0.1) is 6.10 Å². The number of H-pyrrole nitrogens is 1. The summed E-state index contributed by atoms with van der Waals surface area (Å²) in [6.45, 7) is 5.26. The molecule has 0 aromatic carbocycles. The molecule has 7 heteroatoms. The monoisotopic (exact) mass is 375 g/mol. The molecule has 0 aliphatic carbocycles. The van der Waals surface area contributed by atoms with Gasteiger partial charge in [-0.15, -0.1) is 11.3 Å². The van der Waals surface area contributed by atoms with Crippen LogP contribution in [-0.2, 0) is 6.42 Å². The number of carbonyl (C=O) groups excluding carboxylic acids is 1. The van der Waals surface area contributed by atoms with Gasteiger partial charge < -0.3 is 15.0 Å². The van der Waals surface area contributed by atoms with Crippen LogP contribution in [0.25, 0.3) is 0 Å². The second-order valence-corrected chi connectivity index (χ2v) is 8.26. The molecule has 1 amide bonds. The number of hydrogen-bond acceptors (Lipinski definition) is 5. The number of rotatable bonds is 5. The van der Waals surface area contributed by atoms with Crippen molar-refractivity contribution in [2.45, 2.75) is 39.2 Å². The van der Waals surface area contributed by atoms with Crippen molar-refractivity contribution in [1.82, 2.24) is 14.9 Å². The van der Waals surface area contributed by atoms with Crippen molar-refractivity contribution in [3.05, 3.63) is 50.3 Å². The number of amides is 1. The normalized spacial score (nSPS) is 16.8. The molecule has 1 aliphatic heterocycles. The Hall–Kier alpha value is -1.99. The molecule has 0 saturated carbocycles. The standard InChI is InChI=1S/C19H25N3O3S/c1-12(2)10-14-11-15(21-19(25)20-14)18(24)22-7-5-13(6-8-22)17(23)16-4-3-9-26-16/h3-4,9,11-13,17,23H,5-8,10H2,1-2H3,(H,20,21,25). The Bertz CT molecular complexity index is 793. The molecule has 1 saturated heterocycles. The molecule has 0 spiro atoms. The Labute approximate surface area is 156 Å². The minimum Gasteiger partial charge on any atom is -0.387 e. The predicted molar refractivity (Wildman–Crippen MR) is 101 cm³/mol. The van der Waals surface area contributed by atoms with Crippen molar-refractivity contribution in [3.63, 3.8) is 0 Å². The van der Waals surface area contributed by atoms with E-state index in [0.29, 0.717) is 25.4 Å². The number of aliphatic hydroxyl groups is 1. The van der Waals surface area contributed by atoms with Crippen LogP contribution in [0.15, 0.2) is 28.4 Å². The summed E-state index contributed by atoms with van der Waals surface area (Å²) in [5, 5.41) is 12.4. The molecular weight excluding hydrogens is 350 g/mol. The smallest absolute Gasteiger partial charge is 0.345 e. The first-order chi connectivity index (χ1) is 12.4. The highest BCUT2D eigenvalue weighted by molar-refractivity contribution is 7.10. The number of carbonyl (C=O) groups is 1. The van der Waals surface area contributed by atoms with Crippen molar-refractivity contribution in [3.8, 4) is 0 Å². The van der Waals surface area contributed by atoms with Crippen LogP contribution in [0.4, 0.5) is 0 Å². The zero-order valence-electron chi connectivity index (χ0n) is 15.1. The molecule has 1 fully saturated rings. The van der Waals surface area contributed by atoms with Gasteiger partial charge in [-0.1, -0.05) is 19.9 Å². The van der Waals surface area contributed by atoms with Crippen molar-refractivity contribution in [2.24, 2.45) is 11.8 Å². The van der Waals surface area contributed by atoms with Crippen LogP contribution in [0.5, 0.6) is 0 Å². The van der Waals surface area contributed by atoms with Gasteiger partial charge in [0.2, 0.25) is 0 Å². The molecule has 140 valence electrons. The van der Waals surface area contributed by atoms with Crippen LogP contribution in [0.1, 0.15) is 53.9 Å². The van der Waals surface area contributed by atoms with E-state index in [9.17, 15) is 14.7 Å². The maximum atomic E-state index is 12.7. The Balaban J connectivity index is 1.65. The molecule has 2 N–H and O–H groups in total. The fourth-order valence-electron chi connectivity index (χ4n) is 3.44. The Kier molecular flexibility index (Phi) is 5.88. The van der Waals surface area contributed by atoms with Gasteiger partial charge in [-0.3, -0.25) is 4.79 Å². The highest BCUT2D eigenvalue weighted by Gasteiger charge is 2.29. The van der Waals surface area contributed by atoms with Gasteiger partial charge in [0.15, 0.2) is 0 Å². The van der Waals surface area contributed by atoms with E-state index in [-0.39, 0.29) is 17.5 Å². The number of aromatic amines is 1. The van der Waals surface area contributed by atoms with Crippen LogP contribution in [0.3, 0.4) is 0 Å². The van der Waals surface area contributed by atoms with Crippen molar-refractivity contribution in [1.29, 1.82) is 0 Å². The van der Waals surface area contributed by atoms with Crippen LogP contribution in [-0.4, -0.2) is 39.0 Å². The van der Waals surface area contributed by atoms with E-state index in [1.54, 1.807) is 22.3 Å². The first kappa shape index (κ1) is 18.8. The van der Waals surface area contributed by atoms with Crippen molar-refractivity contribution >= 4 is 17.2 Å². The van der Waals surface area contributed by atoms with Gasteiger partial charge in [-0.2, -0.15) is 4.98 Å². The summed E-state index contributed by atoms with van der Waals surface area (Å²) < 4.78 is 0. The SMILES string of the molecule is CC(C)Cc1cc(C(=O)N2CCC(C(O)c3cccs3)CC2)nc(=O)[nH]1. The number of aromatic nitrogens is 2. The second kappa shape index (κ2) is 8.14. The van der Waals surface area contributed by atoms with Crippen LogP contribution >= 0.6 is 11.3 Å². The molecule has 1 aliphatic rings. The second-order valence-electron chi connectivity index (χ2n) is 7.28. The summed E-state index contributed by atoms with van der Waals surface area (Å²) in [4.78, 5) is 33.8. The number of nitrogens with zero attached hydrogens (tertiary/aromatic N) is 2. The van der Waals surface area contributed by atoms with E-state index in [2.05, 4.69) is 23.8 Å². The topological polar surface area (TPSA) is 86.3 Å². The molecule has 2 aromatic rings. The fourth-order valence-corrected chi connectivity index (χ4v) is 4.24. The molecule has 3 rings (SSSR count). The molecule has 1 atom stereocenters. The number of piperidine rings is 1. The van der Waals surface area contributed by atoms with Gasteiger partial charge >= 0.3 is 5.69 Å². The number of nitrogens with one attached hydrogen (secondary N) is 1. The highest BCUT2D eigenvalue weighted by Crippen LogP contribution is 2.33. The average Bonchev–Trinajstić information content (AvgIpc) is 3.14. The Morgan fingerprint density at radius 3 is 2.77 bits per heavy atom. The molecule has 3 heterocycles. The van der Waals surface area contributed by atoms with Crippen LogP contribution in [0.2, 0.25) is 0 Å². The minimum atomic E-state index is -0.477. The lowest BCUT2D eigenvalue weighted by Gasteiger charge is -2.33. The van der Waals surface area contributed by atoms with Gasteiger partial charge in [-0.05, 0) is 48.6 Å². The molecule has 26 heavy (non-hydrogen) atoms. The fraction of sp³-hybridized carbons (Fsp3) is 0.526. The zero-order valence-corrected chi connectivity index (χ0v) is 16.0. The third-order valence-corrected chi connectivity index (χ3v) is 5.70. The lowest BCUT2D eigenvalue weighted by molar-refractivity contribution is 0.0469. The van der Waals surface area contributed by atoms with E-state index in [4.69, 9.17) is 0 Å². The lowest BCUT2D eigenvalue weighted by Crippen LogP contribution is -2.40. The third-order valence-electron chi connectivity index (χ3n) is 4.76. The van der Waals surface area contributed by atoms with Crippen LogP contribution < -0.4 is 5.69 Å². The summed E-state index contributed by atoms with van der Waals surface area (Å²) >= 11 is 1.56. The van der Waals surface area contributed by atoms with E-state index < -0.39 is 11.8 Å². The first-order valence-corrected chi connectivity index (χ1v) is 9.93. The summed E-state index contributed by atoms with van der Waals surface area (Å²) in [5.41, 5.74) is 0.475. The maximum Gasteiger partial charge on any atom is 0.345 e. The molecule has 0 bridgehead atoms. The zero-order chi connectivity index (χ0) is 18.7. The Morgan fingerprint density at radius 1 is 1.42 bits per heavy atom. The maximum absolute atomic E-state index is 12.7. The van der Waals surface area contributed by atoms with E-state index in [0.717, 1.165) is 23.4 Å². The van der Waals surface area contributed by atoms with Gasteiger partial charge in [0.1, 0.15) is 5.69 Å². The predicted octanol–water partition coefficient (Wildman–Crippen LogP) is 2.62. The highest BCUT2D eigenvalue weighted by atomic mass is 32.1. The first-order valence-electron chi connectivity index (χ1n) is 9.05. The Morgan fingerprint density at radius 2 is 2.15 bits per heavy atom. The lowest BCUT2D eigenvalue weighted by atomic mass is 9.90. The molecule has 6 nitrogen and oxygen atoms in total. The van der Waals surface area contributed by atoms with Crippen molar-refractivity contribution < 1.29 is 9.90 Å². The van der Waals surface area contributed by atoms with Crippen molar-refractivity contribution in [2.75, 3.05) is 13.1 Å². The van der Waals surface area contributed by atoms with Gasteiger partial charge in [0.25, 0.3) is 5.91 Å². The number of likely N-dealkylation sites (tertiary alicyclic amines) is 1. The van der Waals surface area contributed by atoms with Gasteiger partial charge in [0, 0.05) is 23.7 Å². The minimum absolute atomic E-state index is 0.154. The molecular formula is C19H25N3O3S. The summed E-state index contributed by atoms with van der Waals surface area (Å²) in [6.07, 6.45) is 1.72. The molecule has 0 radical (unpaired) electrons. The average molecular weight is 375 g/mol. The molecule has 1 unspecified atom stereocenters. The summed E-state index contributed by atoms with van der Waals surface area (Å²) in [5.74, 6) is 0.331. The third kappa shape index (κ3) is 4.40. The number of hydrogen-bond donors (Lipinski definition) is 2. The number of aliphatic hydroxyl groups excluding tert-OH is 1. The van der Waals surface area contributed by atoms with Gasteiger partial charge in [-0.25, -0.2) is 4.79 Å². The van der Waals surface area contributed by atoms with Crippen LogP contribution in [0, 0.1) is 11.8 Å². The summed E-state index contributed by atoms with van der Waals surface area (Å²) in [6, 6.07) is 5.58. The number of thiophene rings is 1. The quantitative estimate of drug-likeness (QED) is 0.841. The molecule has 2 aromatic heterocycles. The van der Waals surface area contributed by atoms with E-state index in [1.807, 2.05) is 17.5 Å². The largest absolute Gasteiger partial charge is 0.387 e. The van der Waals surface area contributed by atoms with E-state index in [1.165, 1.54) is 0 Å². The summed E-state index contributed by atoms with van der Waals surface area (Å²) in [7, 11) is 0. The van der Waals surface area contributed by atoms with E-state index >= 15 is 0 Å².